The molecule has 0 saturated carbocycles. The second-order valence-corrected chi connectivity index (χ2v) is 10.6. The number of hydrogen-bond acceptors (Lipinski definition) is 8. The van der Waals surface area contributed by atoms with Crippen LogP contribution in [0.15, 0.2) is 42.9 Å². The van der Waals surface area contributed by atoms with Gasteiger partial charge in [-0.1, -0.05) is 0 Å². The third-order valence-electron chi connectivity index (χ3n) is 5.13. The Morgan fingerprint density at radius 2 is 1.97 bits per heavy atom. The van der Waals surface area contributed by atoms with E-state index in [0.717, 1.165) is 17.2 Å². The number of hydrogen-bond donors (Lipinski definition) is 1. The van der Waals surface area contributed by atoms with Crippen molar-refractivity contribution in [3.63, 3.8) is 0 Å². The number of nitrogens with one attached hydrogen (secondary N) is 1. The summed E-state index contributed by atoms with van der Waals surface area (Å²) in [5.41, 5.74) is 0.288. The molecule has 184 valence electrons. The van der Waals surface area contributed by atoms with Gasteiger partial charge in [-0.2, -0.15) is 0 Å². The number of halogens is 1. The summed E-state index contributed by atoms with van der Waals surface area (Å²) in [5, 5.41) is 3.30. The fourth-order valence-electron chi connectivity index (χ4n) is 3.61. The van der Waals surface area contributed by atoms with Crippen molar-refractivity contribution in [1.29, 1.82) is 0 Å². The van der Waals surface area contributed by atoms with Gasteiger partial charge >= 0.3 is 145 Å². The molecule has 9 nitrogen and oxygen atoms in total. The molecule has 2 aromatic heterocycles. The molecular weight excluding hydrogens is 514 g/mol. The maximum absolute atomic E-state index is 14.3. The van der Waals surface area contributed by atoms with Gasteiger partial charge in [-0.05, 0) is 33.6 Å². The van der Waals surface area contributed by atoms with Crippen molar-refractivity contribution in [2.24, 2.45) is 0 Å². The number of nitrogens with zero attached hydrogens (tertiary/aromatic N) is 5. The molecule has 0 radical (unpaired) electrons. The van der Waals surface area contributed by atoms with Crippen LogP contribution in [0.4, 0.5) is 15.1 Å². The predicted octanol–water partition coefficient (Wildman–Crippen LogP) is 2.93. The summed E-state index contributed by atoms with van der Waals surface area (Å²) >= 11 is 1.32. The van der Waals surface area contributed by atoms with Crippen molar-refractivity contribution in [3.8, 4) is 23.0 Å². The van der Waals surface area contributed by atoms with Crippen LogP contribution in [-0.2, 0) is 4.74 Å². The summed E-state index contributed by atoms with van der Waals surface area (Å²) in [6.07, 6.45) is 5.96. The standard InChI is InChI=1S/C24H28AsFN6O3/c1-24(2,3)35-23(33)32-12-4-5-16(14-32)30-22-29-9-8-18(31-22)20-21(28-11-10-27-20)34-19-7-6-15(25)13-17(19)26/h6-11,13,16H,4-5,12,14,25H2,1-3H3,(H,29,30,31)/t16-/m0/s1. The van der Waals surface area contributed by atoms with Gasteiger partial charge in [0.1, 0.15) is 5.60 Å². The number of likely N-dealkylation sites (tertiary alicyclic amines) is 1. The van der Waals surface area contributed by atoms with Gasteiger partial charge in [0, 0.05) is 13.1 Å². The average Bonchev–Trinajstić information content (AvgIpc) is 2.80. The zero-order valence-electron chi connectivity index (χ0n) is 19.9. The molecule has 1 N–H and O–H groups in total. The van der Waals surface area contributed by atoms with E-state index < -0.39 is 11.4 Å². The van der Waals surface area contributed by atoms with Gasteiger partial charge in [0.25, 0.3) is 0 Å². The molecule has 1 saturated heterocycles. The molecule has 3 heterocycles. The first-order valence-electron chi connectivity index (χ1n) is 11.3. The smallest absolute Gasteiger partial charge is 0.0442 e. The first-order chi connectivity index (χ1) is 16.7. The summed E-state index contributed by atoms with van der Waals surface area (Å²) < 4.78 is 26.4. The molecule has 11 heteroatoms. The molecule has 0 spiro atoms. The number of benzene rings is 1. The second kappa shape index (κ2) is 10.6. The summed E-state index contributed by atoms with van der Waals surface area (Å²) in [5.74, 6) is 0.114. The molecule has 1 fully saturated rings. The minimum atomic E-state index is -0.548. The summed E-state index contributed by atoms with van der Waals surface area (Å²) in [4.78, 5) is 31.6. The number of carbonyl (C=O) groups excluding carboxylic acids is 1. The van der Waals surface area contributed by atoms with E-state index in [2.05, 4.69) is 25.3 Å². The monoisotopic (exact) mass is 542 g/mol. The van der Waals surface area contributed by atoms with Crippen LogP contribution < -0.4 is 14.4 Å². The Morgan fingerprint density at radius 1 is 1.17 bits per heavy atom. The average molecular weight is 542 g/mol. The van der Waals surface area contributed by atoms with Gasteiger partial charge in [0.05, 0.1) is 0 Å². The maximum atomic E-state index is 14.3. The Bertz CT molecular complexity index is 1210. The molecule has 0 bridgehead atoms. The third kappa shape index (κ3) is 6.66. The van der Waals surface area contributed by atoms with Gasteiger partial charge in [0.2, 0.25) is 0 Å². The van der Waals surface area contributed by atoms with Gasteiger partial charge in [-0.25, -0.2) is 4.79 Å². The van der Waals surface area contributed by atoms with Crippen molar-refractivity contribution >= 4 is 33.2 Å². The first-order valence-corrected chi connectivity index (χ1v) is 12.5. The summed E-state index contributed by atoms with van der Waals surface area (Å²) in [6.45, 7) is 6.67. The van der Waals surface area contributed by atoms with Crippen LogP contribution in [0.3, 0.4) is 0 Å². The van der Waals surface area contributed by atoms with E-state index in [4.69, 9.17) is 9.47 Å². The van der Waals surface area contributed by atoms with E-state index >= 15 is 0 Å². The topological polar surface area (TPSA) is 102 Å². The Morgan fingerprint density at radius 3 is 2.74 bits per heavy atom. The largest absolute Gasteiger partial charge is 0.0442 e. The van der Waals surface area contributed by atoms with Crippen LogP contribution in [0.25, 0.3) is 11.4 Å². The fourth-order valence-corrected chi connectivity index (χ4v) is 4.12. The Balaban J connectivity index is 1.49. The van der Waals surface area contributed by atoms with Gasteiger partial charge < -0.3 is 9.64 Å². The molecule has 0 aliphatic carbocycles. The van der Waals surface area contributed by atoms with Gasteiger partial charge in [-0.3, -0.25) is 0 Å². The molecule has 1 aliphatic rings. The van der Waals surface area contributed by atoms with E-state index in [1.54, 1.807) is 29.3 Å². The van der Waals surface area contributed by atoms with Crippen LogP contribution >= 0.6 is 0 Å². The van der Waals surface area contributed by atoms with E-state index in [1.807, 2.05) is 20.8 Å². The van der Waals surface area contributed by atoms with Crippen LogP contribution in [0.2, 0.25) is 0 Å². The third-order valence-corrected chi connectivity index (χ3v) is 5.89. The number of carbonyl (C=O) groups is 1. The normalized spacial score (nSPS) is 16.0. The van der Waals surface area contributed by atoms with E-state index in [1.165, 1.54) is 35.3 Å². The molecule has 1 aliphatic heterocycles. The zero-order valence-corrected chi connectivity index (χ0v) is 22.3. The fraction of sp³-hybridized carbons (Fsp3) is 0.375. The van der Waals surface area contributed by atoms with Crippen LogP contribution in [0.1, 0.15) is 33.6 Å². The number of piperidine rings is 1. The minimum Gasteiger partial charge on any atom is 0.0442 e. The molecule has 4 rings (SSSR count). The molecule has 2 atom stereocenters. The predicted molar refractivity (Wildman–Crippen MR) is 132 cm³/mol. The molecule has 35 heavy (non-hydrogen) atoms. The molecular formula is C24H28AsFN6O3. The van der Waals surface area contributed by atoms with Gasteiger partial charge in [0.15, 0.2) is 0 Å². The Hall–Kier alpha value is -3.26. The van der Waals surface area contributed by atoms with Crippen LogP contribution in [-0.4, -0.2) is 72.5 Å². The molecule has 3 aromatic rings. The van der Waals surface area contributed by atoms with Crippen molar-refractivity contribution < 1.29 is 18.7 Å². The number of anilines is 1. The molecule has 1 aromatic carbocycles. The Kier molecular flexibility index (Phi) is 7.50. The summed E-state index contributed by atoms with van der Waals surface area (Å²) in [7, 11) is 0. The number of rotatable bonds is 5. The van der Waals surface area contributed by atoms with Crippen molar-refractivity contribution in [2.75, 3.05) is 18.4 Å². The number of amides is 1. The Labute approximate surface area is 212 Å². The minimum absolute atomic E-state index is 0.0349. The molecule has 1 unspecified atom stereocenters. The van der Waals surface area contributed by atoms with Crippen LogP contribution in [0.5, 0.6) is 11.6 Å². The van der Waals surface area contributed by atoms with E-state index in [9.17, 15) is 9.18 Å². The number of ether oxygens (including phenoxy) is 2. The van der Waals surface area contributed by atoms with E-state index in [0.29, 0.717) is 30.4 Å². The van der Waals surface area contributed by atoms with Gasteiger partial charge in [-0.15, -0.1) is 0 Å². The maximum Gasteiger partial charge on any atom is 0.0442 e. The SMILES string of the molecule is CC(C)(C)OC(=O)N1CCC[C@H](Nc2nccc(-c3nccnc3Oc3ccc([AsH2])cc3F)n2)C1. The van der Waals surface area contributed by atoms with Crippen LogP contribution in [0, 0.1) is 5.82 Å². The van der Waals surface area contributed by atoms with E-state index in [-0.39, 0.29) is 23.8 Å². The number of aromatic nitrogens is 4. The quantitative estimate of drug-likeness (QED) is 0.492. The van der Waals surface area contributed by atoms with Crippen molar-refractivity contribution in [2.45, 2.75) is 45.3 Å². The second-order valence-electron chi connectivity index (χ2n) is 9.18. The summed E-state index contributed by atoms with van der Waals surface area (Å²) in [6, 6.07) is 6.42. The molecule has 1 amide bonds. The zero-order chi connectivity index (χ0) is 25.0. The van der Waals surface area contributed by atoms with Crippen molar-refractivity contribution in [3.05, 3.63) is 48.7 Å². The van der Waals surface area contributed by atoms with Crippen molar-refractivity contribution in [1.82, 2.24) is 24.8 Å². The first kappa shape index (κ1) is 24.9.